The van der Waals surface area contributed by atoms with Crippen molar-refractivity contribution in [2.45, 2.75) is 39.5 Å². The number of furan rings is 2. The fraction of sp³-hybridized carbons (Fsp3) is 0.500. The van der Waals surface area contributed by atoms with Crippen molar-refractivity contribution in [1.82, 2.24) is 0 Å². The van der Waals surface area contributed by atoms with Crippen LogP contribution in [-0.2, 0) is 12.8 Å². The summed E-state index contributed by atoms with van der Waals surface area (Å²) in [5, 5.41) is 0. The van der Waals surface area contributed by atoms with E-state index < -0.39 is 0 Å². The summed E-state index contributed by atoms with van der Waals surface area (Å²) < 4.78 is 5.65. The van der Waals surface area contributed by atoms with Gasteiger partial charge in [-0.15, -0.1) is 0 Å². The lowest BCUT2D eigenvalue weighted by Crippen LogP contribution is -1.84. The Morgan fingerprint density at radius 1 is 0.923 bits per heavy atom. The lowest BCUT2D eigenvalue weighted by Gasteiger charge is -1.95. The Morgan fingerprint density at radius 2 is 1.38 bits per heavy atom. The highest BCUT2D eigenvalue weighted by Crippen LogP contribution is 2.28. The highest BCUT2D eigenvalue weighted by molar-refractivity contribution is 5.70. The zero-order valence-corrected chi connectivity index (χ0v) is 8.39. The second kappa shape index (κ2) is 3.41. The van der Waals surface area contributed by atoms with E-state index in [0.29, 0.717) is 0 Å². The van der Waals surface area contributed by atoms with Crippen molar-refractivity contribution in [2.24, 2.45) is 0 Å². The molecule has 70 valence electrons. The maximum Gasteiger partial charge on any atom is 0.131 e. The minimum absolute atomic E-state index is 1.11. The molecule has 0 N–H and O–H groups in total. The van der Waals surface area contributed by atoms with Crippen LogP contribution in [0.4, 0.5) is 0 Å². The quantitative estimate of drug-likeness (QED) is 0.691. The third-order valence-corrected chi connectivity index (χ3v) is 2.50. The number of aryl methyl sites for hydroxylation is 2. The van der Waals surface area contributed by atoms with Gasteiger partial charge in [0.1, 0.15) is 11.2 Å². The molecule has 13 heavy (non-hydrogen) atoms. The van der Waals surface area contributed by atoms with Crippen LogP contribution < -0.4 is 0 Å². The molecule has 1 nitrogen and oxygen atoms in total. The second-order valence-corrected chi connectivity index (χ2v) is 3.67. The van der Waals surface area contributed by atoms with Gasteiger partial charge in [-0.25, -0.2) is 0 Å². The van der Waals surface area contributed by atoms with Crippen molar-refractivity contribution in [2.75, 3.05) is 0 Å². The number of hydrogen-bond acceptors (Lipinski definition) is 1. The number of fused-ring (bicyclic) bond motifs is 2. The molecule has 1 heteroatoms. The minimum atomic E-state index is 1.11. The molecule has 0 aromatic carbocycles. The Hall–Kier alpha value is -0.980. The van der Waals surface area contributed by atoms with Crippen LogP contribution in [0.5, 0.6) is 0 Å². The van der Waals surface area contributed by atoms with Gasteiger partial charge >= 0.3 is 0 Å². The molecule has 0 aliphatic heterocycles. The molecule has 0 aliphatic carbocycles. The van der Waals surface area contributed by atoms with Gasteiger partial charge in [0.25, 0.3) is 0 Å². The largest absolute Gasteiger partial charge is 0.457 e. The third kappa shape index (κ3) is 1.43. The predicted molar refractivity (Wildman–Crippen MR) is 55.4 cm³/mol. The lowest BCUT2D eigenvalue weighted by atomic mass is 10.1. The Bertz CT molecular complexity index is 337. The third-order valence-electron chi connectivity index (χ3n) is 2.50. The van der Waals surface area contributed by atoms with E-state index >= 15 is 0 Å². The van der Waals surface area contributed by atoms with E-state index in [1.54, 1.807) is 0 Å². The zero-order chi connectivity index (χ0) is 9.26. The predicted octanol–water partition coefficient (Wildman–Crippen LogP) is 3.78. The Kier molecular flexibility index (Phi) is 2.26. The normalized spacial score (nSPS) is 11.5. The molecule has 0 fully saturated rings. The molecule has 2 bridgehead atoms. The van der Waals surface area contributed by atoms with Crippen LogP contribution in [0.2, 0.25) is 0 Å². The Labute approximate surface area is 79.1 Å². The topological polar surface area (TPSA) is 13.1 Å². The van der Waals surface area contributed by atoms with Crippen LogP contribution in [0.15, 0.2) is 16.5 Å². The SMILES string of the molecule is CCCc1cc2oc1cc2CCC. The summed E-state index contributed by atoms with van der Waals surface area (Å²) in [5.74, 6) is 0. The highest BCUT2D eigenvalue weighted by Gasteiger charge is 2.11. The van der Waals surface area contributed by atoms with E-state index in [0.717, 1.165) is 24.0 Å². The summed E-state index contributed by atoms with van der Waals surface area (Å²) in [7, 11) is 0. The second-order valence-electron chi connectivity index (χ2n) is 3.67. The molecule has 0 radical (unpaired) electrons. The van der Waals surface area contributed by atoms with E-state index in [4.69, 9.17) is 4.42 Å². The molecular formula is C12H16O. The molecule has 2 aromatic heterocycles. The smallest absolute Gasteiger partial charge is 0.131 e. The number of hydrogen-bond donors (Lipinski definition) is 0. The standard InChI is InChI=1S/C12H16O/c1-3-5-9-7-12-10(6-4-2)8-11(9)13-12/h7-8H,3-6H2,1-2H3. The van der Waals surface area contributed by atoms with Gasteiger partial charge in [-0.1, -0.05) is 26.7 Å². The van der Waals surface area contributed by atoms with Crippen LogP contribution >= 0.6 is 0 Å². The fourth-order valence-electron chi connectivity index (χ4n) is 1.88. The molecule has 0 spiro atoms. The molecule has 0 atom stereocenters. The number of benzene rings is 1. The van der Waals surface area contributed by atoms with Crippen molar-refractivity contribution in [3.8, 4) is 0 Å². The molecule has 2 aromatic rings. The van der Waals surface area contributed by atoms with E-state index in [1.165, 1.54) is 24.0 Å². The van der Waals surface area contributed by atoms with E-state index in [1.807, 2.05) is 0 Å². The summed E-state index contributed by atoms with van der Waals surface area (Å²) in [4.78, 5) is 0. The summed E-state index contributed by atoms with van der Waals surface area (Å²) in [5.41, 5.74) is 5.00. The molecule has 2 heterocycles. The van der Waals surface area contributed by atoms with Gasteiger partial charge in [0.2, 0.25) is 0 Å². The summed E-state index contributed by atoms with van der Waals surface area (Å²) in [6.45, 7) is 4.41. The van der Waals surface area contributed by atoms with Gasteiger partial charge < -0.3 is 4.42 Å². The van der Waals surface area contributed by atoms with Gasteiger partial charge in [-0.05, 0) is 36.1 Å². The monoisotopic (exact) mass is 176 g/mol. The Morgan fingerprint density at radius 3 is 1.69 bits per heavy atom. The van der Waals surface area contributed by atoms with Gasteiger partial charge in [0.05, 0.1) is 0 Å². The number of rotatable bonds is 4. The van der Waals surface area contributed by atoms with E-state index in [2.05, 4.69) is 26.0 Å². The van der Waals surface area contributed by atoms with Gasteiger partial charge in [-0.2, -0.15) is 0 Å². The van der Waals surface area contributed by atoms with Gasteiger partial charge in [0.15, 0.2) is 0 Å². The summed E-state index contributed by atoms with van der Waals surface area (Å²) >= 11 is 0. The van der Waals surface area contributed by atoms with Crippen LogP contribution in [0, 0.1) is 0 Å². The first-order valence-corrected chi connectivity index (χ1v) is 5.18. The van der Waals surface area contributed by atoms with E-state index in [9.17, 15) is 0 Å². The van der Waals surface area contributed by atoms with Crippen molar-refractivity contribution < 1.29 is 4.42 Å². The zero-order valence-electron chi connectivity index (χ0n) is 8.39. The van der Waals surface area contributed by atoms with Crippen molar-refractivity contribution >= 4 is 11.2 Å². The van der Waals surface area contributed by atoms with E-state index in [-0.39, 0.29) is 0 Å². The maximum absolute atomic E-state index is 5.65. The van der Waals surface area contributed by atoms with Gasteiger partial charge in [0, 0.05) is 0 Å². The Balaban J connectivity index is 2.28. The minimum Gasteiger partial charge on any atom is -0.457 e. The summed E-state index contributed by atoms with van der Waals surface area (Å²) in [6.07, 6.45) is 4.69. The maximum atomic E-state index is 5.65. The first kappa shape index (κ1) is 8.61. The average molecular weight is 176 g/mol. The van der Waals surface area contributed by atoms with Crippen LogP contribution in [0.25, 0.3) is 11.2 Å². The van der Waals surface area contributed by atoms with Crippen molar-refractivity contribution in [1.29, 1.82) is 0 Å². The lowest BCUT2D eigenvalue weighted by molar-refractivity contribution is 0.668. The van der Waals surface area contributed by atoms with Crippen LogP contribution in [0.1, 0.15) is 37.8 Å². The molecule has 0 saturated heterocycles. The molecule has 0 amide bonds. The molecular weight excluding hydrogens is 160 g/mol. The average Bonchev–Trinajstić information content (AvgIpc) is 2.65. The highest BCUT2D eigenvalue weighted by atomic mass is 16.3. The fourth-order valence-corrected chi connectivity index (χ4v) is 1.88. The molecule has 0 saturated carbocycles. The van der Waals surface area contributed by atoms with Gasteiger partial charge in [-0.3, -0.25) is 0 Å². The molecule has 0 aliphatic rings. The van der Waals surface area contributed by atoms with Crippen LogP contribution in [0.3, 0.4) is 0 Å². The van der Waals surface area contributed by atoms with Crippen molar-refractivity contribution in [3.63, 3.8) is 0 Å². The first-order valence-electron chi connectivity index (χ1n) is 5.18. The van der Waals surface area contributed by atoms with Crippen LogP contribution in [-0.4, -0.2) is 0 Å². The molecule has 2 rings (SSSR count). The first-order chi connectivity index (χ1) is 6.35. The summed E-state index contributed by atoms with van der Waals surface area (Å²) in [6, 6.07) is 4.42. The molecule has 0 unspecified atom stereocenters. The van der Waals surface area contributed by atoms with Crippen molar-refractivity contribution in [3.05, 3.63) is 23.3 Å².